The minimum atomic E-state index is -1.27. The Balaban J connectivity index is 2.71. The first-order valence-electron chi connectivity index (χ1n) is 5.32. The van der Waals surface area contributed by atoms with Gasteiger partial charge in [-0.1, -0.05) is 0 Å². The number of rotatable bonds is 7. The van der Waals surface area contributed by atoms with Crippen molar-refractivity contribution < 1.29 is 29.3 Å². The number of carboxylic acid groups (broad SMARTS) is 2. The van der Waals surface area contributed by atoms with E-state index in [1.54, 1.807) is 11.4 Å². The summed E-state index contributed by atoms with van der Waals surface area (Å²) < 4.78 is 4.95. The molecule has 0 aliphatic heterocycles. The molecule has 0 aliphatic carbocycles. The molecule has 1 heterocycles. The molecule has 1 atom stereocenters. The highest BCUT2D eigenvalue weighted by molar-refractivity contribution is 7.12. The predicted octanol–water partition coefficient (Wildman–Crippen LogP) is 0.804. The van der Waals surface area contributed by atoms with Gasteiger partial charge in [-0.25, -0.2) is 4.79 Å². The lowest BCUT2D eigenvalue weighted by atomic mass is 10.1. The summed E-state index contributed by atoms with van der Waals surface area (Å²) in [7, 11) is 1.40. The molecule has 8 heteroatoms. The van der Waals surface area contributed by atoms with Gasteiger partial charge in [0.2, 0.25) is 0 Å². The number of aliphatic carboxylic acids is 2. The van der Waals surface area contributed by atoms with E-state index in [2.05, 4.69) is 5.32 Å². The molecule has 104 valence electrons. The number of methoxy groups -OCH3 is 1. The van der Waals surface area contributed by atoms with Crippen LogP contribution < -0.4 is 10.1 Å². The molecule has 1 aromatic heterocycles. The molecule has 19 heavy (non-hydrogen) atoms. The van der Waals surface area contributed by atoms with Crippen molar-refractivity contribution in [2.75, 3.05) is 7.11 Å². The molecule has 1 amide bonds. The zero-order valence-electron chi connectivity index (χ0n) is 10.1. The van der Waals surface area contributed by atoms with Gasteiger partial charge >= 0.3 is 11.9 Å². The first-order valence-corrected chi connectivity index (χ1v) is 6.20. The predicted molar refractivity (Wildman–Crippen MR) is 66.6 cm³/mol. The van der Waals surface area contributed by atoms with Gasteiger partial charge in [0.05, 0.1) is 7.11 Å². The van der Waals surface area contributed by atoms with Crippen LogP contribution in [-0.4, -0.2) is 41.2 Å². The van der Waals surface area contributed by atoms with Crippen LogP contribution in [0.5, 0.6) is 5.75 Å². The molecular weight excluding hydrogens is 274 g/mol. The minimum Gasteiger partial charge on any atom is -0.495 e. The molecule has 3 N–H and O–H groups in total. The van der Waals surface area contributed by atoms with E-state index in [-0.39, 0.29) is 17.7 Å². The Labute approximate surface area is 112 Å². The summed E-state index contributed by atoms with van der Waals surface area (Å²) in [5.74, 6) is -2.63. The van der Waals surface area contributed by atoms with Crippen molar-refractivity contribution in [3.63, 3.8) is 0 Å². The highest BCUT2D eigenvalue weighted by Crippen LogP contribution is 2.24. The molecule has 7 nitrogen and oxygen atoms in total. The molecule has 1 aromatic rings. The number of ether oxygens (including phenoxy) is 1. The third kappa shape index (κ3) is 4.25. The monoisotopic (exact) mass is 287 g/mol. The second-order valence-electron chi connectivity index (χ2n) is 3.61. The number of hydrogen-bond acceptors (Lipinski definition) is 5. The maximum absolute atomic E-state index is 11.9. The van der Waals surface area contributed by atoms with E-state index in [0.717, 1.165) is 11.3 Å². The Bertz CT molecular complexity index is 483. The van der Waals surface area contributed by atoms with Crippen LogP contribution in [0.2, 0.25) is 0 Å². The van der Waals surface area contributed by atoms with Crippen LogP contribution in [0.4, 0.5) is 0 Å². The molecule has 0 saturated carbocycles. The van der Waals surface area contributed by atoms with Gasteiger partial charge in [0.1, 0.15) is 16.7 Å². The van der Waals surface area contributed by atoms with Crippen molar-refractivity contribution in [3.05, 3.63) is 16.3 Å². The van der Waals surface area contributed by atoms with Gasteiger partial charge in [0.15, 0.2) is 0 Å². The van der Waals surface area contributed by atoms with E-state index < -0.39 is 23.9 Å². The van der Waals surface area contributed by atoms with E-state index >= 15 is 0 Å². The number of carbonyl (C=O) groups excluding carboxylic acids is 1. The van der Waals surface area contributed by atoms with E-state index in [1.165, 1.54) is 7.11 Å². The lowest BCUT2D eigenvalue weighted by molar-refractivity contribution is -0.140. The molecule has 0 unspecified atom stereocenters. The minimum absolute atomic E-state index is 0.176. The van der Waals surface area contributed by atoms with Crippen LogP contribution in [0, 0.1) is 0 Å². The van der Waals surface area contributed by atoms with Crippen LogP contribution in [0.15, 0.2) is 11.4 Å². The lowest BCUT2D eigenvalue weighted by Crippen LogP contribution is -2.40. The average molecular weight is 287 g/mol. The maximum atomic E-state index is 11.9. The topological polar surface area (TPSA) is 113 Å². The van der Waals surface area contributed by atoms with Crippen LogP contribution >= 0.6 is 11.3 Å². The van der Waals surface area contributed by atoms with Crippen LogP contribution in [-0.2, 0) is 9.59 Å². The van der Waals surface area contributed by atoms with Gasteiger partial charge in [0, 0.05) is 6.42 Å². The number of carboxylic acids is 2. The SMILES string of the molecule is COc1ccsc1C(=O)N[C@@H](CCC(=O)O)C(=O)O. The van der Waals surface area contributed by atoms with Crippen LogP contribution in [0.1, 0.15) is 22.5 Å². The van der Waals surface area contributed by atoms with E-state index in [1.807, 2.05) is 0 Å². The molecule has 0 radical (unpaired) electrons. The largest absolute Gasteiger partial charge is 0.495 e. The highest BCUT2D eigenvalue weighted by Gasteiger charge is 2.23. The summed E-state index contributed by atoms with van der Waals surface area (Å²) in [6.07, 6.45) is -0.511. The smallest absolute Gasteiger partial charge is 0.326 e. The zero-order valence-corrected chi connectivity index (χ0v) is 10.9. The number of hydrogen-bond donors (Lipinski definition) is 3. The number of nitrogens with one attached hydrogen (secondary N) is 1. The molecular formula is C11H13NO6S. The lowest BCUT2D eigenvalue weighted by Gasteiger charge is -2.13. The van der Waals surface area contributed by atoms with Crippen molar-refractivity contribution in [1.82, 2.24) is 5.32 Å². The second-order valence-corrected chi connectivity index (χ2v) is 4.53. The van der Waals surface area contributed by atoms with Gasteiger partial charge in [-0.2, -0.15) is 0 Å². The molecule has 0 aromatic carbocycles. The zero-order chi connectivity index (χ0) is 14.4. The van der Waals surface area contributed by atoms with Crippen molar-refractivity contribution >= 4 is 29.2 Å². The van der Waals surface area contributed by atoms with Gasteiger partial charge in [-0.15, -0.1) is 11.3 Å². The summed E-state index contributed by atoms with van der Waals surface area (Å²) in [6, 6.07) is 0.350. The van der Waals surface area contributed by atoms with E-state index in [4.69, 9.17) is 14.9 Å². The third-order valence-electron chi connectivity index (χ3n) is 2.31. The van der Waals surface area contributed by atoms with Crippen LogP contribution in [0.25, 0.3) is 0 Å². The summed E-state index contributed by atoms with van der Waals surface area (Å²) in [6.45, 7) is 0. The Morgan fingerprint density at radius 1 is 1.42 bits per heavy atom. The van der Waals surface area contributed by atoms with E-state index in [9.17, 15) is 14.4 Å². The molecule has 0 aliphatic rings. The molecule has 0 bridgehead atoms. The Hall–Kier alpha value is -2.09. The average Bonchev–Trinajstić information content (AvgIpc) is 2.81. The quantitative estimate of drug-likeness (QED) is 0.683. The maximum Gasteiger partial charge on any atom is 0.326 e. The summed E-state index contributed by atoms with van der Waals surface area (Å²) in [5, 5.41) is 21.4. The van der Waals surface area contributed by atoms with Gasteiger partial charge in [-0.05, 0) is 17.9 Å². The van der Waals surface area contributed by atoms with Crippen molar-refractivity contribution in [1.29, 1.82) is 0 Å². The summed E-state index contributed by atoms with van der Waals surface area (Å²) in [4.78, 5) is 33.5. The standard InChI is InChI=1S/C11H13NO6S/c1-18-7-4-5-19-9(7)10(15)12-6(11(16)17)2-3-8(13)14/h4-6H,2-3H2,1H3,(H,12,15)(H,13,14)(H,16,17)/t6-/m0/s1. The Morgan fingerprint density at radius 2 is 2.11 bits per heavy atom. The highest BCUT2D eigenvalue weighted by atomic mass is 32.1. The number of amides is 1. The van der Waals surface area contributed by atoms with Crippen molar-refractivity contribution in [2.24, 2.45) is 0 Å². The normalized spacial score (nSPS) is 11.6. The fraction of sp³-hybridized carbons (Fsp3) is 0.364. The van der Waals surface area contributed by atoms with Gasteiger partial charge in [0.25, 0.3) is 5.91 Å². The fourth-order valence-corrected chi connectivity index (χ4v) is 2.13. The third-order valence-corrected chi connectivity index (χ3v) is 3.20. The molecule has 0 fully saturated rings. The first kappa shape index (κ1) is 15.0. The summed E-state index contributed by atoms with van der Waals surface area (Å²) in [5.41, 5.74) is 0. The molecule has 0 spiro atoms. The van der Waals surface area contributed by atoms with Gasteiger partial charge in [-0.3, -0.25) is 9.59 Å². The Morgan fingerprint density at radius 3 is 2.63 bits per heavy atom. The second kappa shape index (κ2) is 6.74. The van der Waals surface area contributed by atoms with Gasteiger partial charge < -0.3 is 20.3 Å². The Kier molecular flexibility index (Phi) is 5.31. The van der Waals surface area contributed by atoms with E-state index in [0.29, 0.717) is 5.75 Å². The molecule has 1 rings (SSSR count). The number of carbonyl (C=O) groups is 3. The molecule has 0 saturated heterocycles. The number of thiophene rings is 1. The van der Waals surface area contributed by atoms with Crippen molar-refractivity contribution in [3.8, 4) is 5.75 Å². The van der Waals surface area contributed by atoms with Crippen LogP contribution in [0.3, 0.4) is 0 Å². The fourth-order valence-electron chi connectivity index (χ4n) is 1.37. The van der Waals surface area contributed by atoms with Crippen molar-refractivity contribution in [2.45, 2.75) is 18.9 Å². The summed E-state index contributed by atoms with van der Waals surface area (Å²) >= 11 is 1.11. The first-order chi connectivity index (χ1) is 8.95.